The number of amides is 1. The Morgan fingerprint density at radius 2 is 2.00 bits per heavy atom. The van der Waals surface area contributed by atoms with Gasteiger partial charge in [-0.2, -0.15) is 0 Å². The molecule has 3 nitrogen and oxygen atoms in total. The van der Waals surface area contributed by atoms with Gasteiger partial charge in [0.25, 0.3) is 0 Å². The third-order valence-electron chi connectivity index (χ3n) is 2.94. The van der Waals surface area contributed by atoms with Crippen molar-refractivity contribution in [3.63, 3.8) is 0 Å². The Bertz CT molecular complexity index is 712. The van der Waals surface area contributed by atoms with Crippen LogP contribution in [-0.4, -0.2) is 18.8 Å². The molecule has 23 heavy (non-hydrogen) atoms. The number of ether oxygens (including phenoxy) is 1. The van der Waals surface area contributed by atoms with Gasteiger partial charge < -0.3 is 10.1 Å². The molecule has 0 saturated heterocycles. The SMILES string of the molecule is COc1ccc(Cl)cc1CSCC(=O)Nc1ccc(F)c(F)c1. The van der Waals surface area contributed by atoms with E-state index in [0.29, 0.717) is 16.5 Å². The molecule has 2 aromatic carbocycles. The second-order valence-electron chi connectivity index (χ2n) is 4.63. The van der Waals surface area contributed by atoms with Crippen molar-refractivity contribution in [1.29, 1.82) is 0 Å². The van der Waals surface area contributed by atoms with Crippen LogP contribution in [0, 0.1) is 11.6 Å². The van der Waals surface area contributed by atoms with Gasteiger partial charge in [0.05, 0.1) is 12.9 Å². The molecule has 0 unspecified atom stereocenters. The van der Waals surface area contributed by atoms with E-state index in [0.717, 1.165) is 17.7 Å². The van der Waals surface area contributed by atoms with Crippen LogP contribution in [0.5, 0.6) is 5.75 Å². The normalized spacial score (nSPS) is 10.4. The number of carbonyl (C=O) groups excluding carboxylic acids is 1. The van der Waals surface area contributed by atoms with Crippen molar-refractivity contribution in [3.8, 4) is 5.75 Å². The molecule has 7 heteroatoms. The van der Waals surface area contributed by atoms with Crippen LogP contribution in [0.25, 0.3) is 0 Å². The van der Waals surface area contributed by atoms with Crippen LogP contribution in [0.15, 0.2) is 36.4 Å². The lowest BCUT2D eigenvalue weighted by molar-refractivity contribution is -0.113. The molecule has 0 atom stereocenters. The van der Waals surface area contributed by atoms with E-state index >= 15 is 0 Å². The maximum absolute atomic E-state index is 13.1. The summed E-state index contributed by atoms with van der Waals surface area (Å²) in [5.41, 5.74) is 1.10. The Kier molecular flexibility index (Phi) is 6.24. The zero-order chi connectivity index (χ0) is 16.8. The Balaban J connectivity index is 1.87. The molecular formula is C16H14ClF2NO2S. The first-order valence-electron chi connectivity index (χ1n) is 6.64. The lowest BCUT2D eigenvalue weighted by atomic mass is 10.2. The molecule has 0 saturated carbocycles. The highest BCUT2D eigenvalue weighted by atomic mass is 35.5. The molecule has 1 N–H and O–H groups in total. The zero-order valence-corrected chi connectivity index (χ0v) is 13.8. The van der Waals surface area contributed by atoms with E-state index in [9.17, 15) is 13.6 Å². The lowest BCUT2D eigenvalue weighted by Crippen LogP contribution is -2.14. The third kappa shape index (κ3) is 5.11. The highest BCUT2D eigenvalue weighted by molar-refractivity contribution is 7.99. The summed E-state index contributed by atoms with van der Waals surface area (Å²) in [5.74, 6) is -0.863. The summed E-state index contributed by atoms with van der Waals surface area (Å²) < 4.78 is 31.1. The number of benzene rings is 2. The van der Waals surface area contributed by atoms with Crippen LogP contribution < -0.4 is 10.1 Å². The molecule has 2 aromatic rings. The second-order valence-corrected chi connectivity index (χ2v) is 6.05. The molecule has 1 amide bonds. The topological polar surface area (TPSA) is 38.3 Å². The van der Waals surface area contributed by atoms with E-state index in [2.05, 4.69) is 5.32 Å². The molecule has 0 radical (unpaired) electrons. The van der Waals surface area contributed by atoms with Gasteiger partial charge in [-0.25, -0.2) is 8.78 Å². The largest absolute Gasteiger partial charge is 0.496 e. The number of hydrogen-bond acceptors (Lipinski definition) is 3. The summed E-state index contributed by atoms with van der Waals surface area (Å²) in [4.78, 5) is 11.8. The molecule has 0 heterocycles. The Hall–Kier alpha value is -1.79. The number of thioether (sulfide) groups is 1. The van der Waals surface area contributed by atoms with E-state index in [1.54, 1.807) is 25.3 Å². The predicted octanol–water partition coefficient (Wildman–Crippen LogP) is 4.50. The highest BCUT2D eigenvalue weighted by Gasteiger charge is 2.08. The zero-order valence-electron chi connectivity index (χ0n) is 12.2. The molecule has 2 rings (SSSR count). The van der Waals surface area contributed by atoms with Gasteiger partial charge in [-0.3, -0.25) is 4.79 Å². The van der Waals surface area contributed by atoms with Crippen molar-refractivity contribution < 1.29 is 18.3 Å². The van der Waals surface area contributed by atoms with E-state index in [-0.39, 0.29) is 17.3 Å². The van der Waals surface area contributed by atoms with E-state index < -0.39 is 11.6 Å². The molecule has 122 valence electrons. The molecule has 0 aliphatic rings. The van der Waals surface area contributed by atoms with Gasteiger partial charge in [0.15, 0.2) is 11.6 Å². The Labute approximate surface area is 142 Å². The average molecular weight is 358 g/mol. The predicted molar refractivity (Wildman–Crippen MR) is 89.2 cm³/mol. The van der Waals surface area contributed by atoms with Crippen molar-refractivity contribution in [2.45, 2.75) is 5.75 Å². The van der Waals surface area contributed by atoms with Gasteiger partial charge in [0, 0.05) is 28.1 Å². The molecule has 0 fully saturated rings. The Morgan fingerprint density at radius 1 is 1.22 bits per heavy atom. The van der Waals surface area contributed by atoms with Crippen molar-refractivity contribution in [3.05, 3.63) is 58.6 Å². The first-order valence-corrected chi connectivity index (χ1v) is 8.18. The number of nitrogens with one attached hydrogen (secondary N) is 1. The minimum absolute atomic E-state index is 0.161. The minimum Gasteiger partial charge on any atom is -0.496 e. The molecule has 0 aliphatic carbocycles. The van der Waals surface area contributed by atoms with Crippen molar-refractivity contribution in [1.82, 2.24) is 0 Å². The molecule has 0 aliphatic heterocycles. The maximum atomic E-state index is 13.1. The number of anilines is 1. The monoisotopic (exact) mass is 357 g/mol. The van der Waals surface area contributed by atoms with E-state index in [4.69, 9.17) is 16.3 Å². The summed E-state index contributed by atoms with van der Waals surface area (Å²) in [6.45, 7) is 0. The van der Waals surface area contributed by atoms with Crippen LogP contribution in [-0.2, 0) is 10.5 Å². The van der Waals surface area contributed by atoms with E-state index in [1.807, 2.05) is 0 Å². The average Bonchev–Trinajstić information content (AvgIpc) is 2.51. The maximum Gasteiger partial charge on any atom is 0.234 e. The number of methoxy groups -OCH3 is 1. The number of carbonyl (C=O) groups is 1. The van der Waals surface area contributed by atoms with Crippen molar-refractivity contribution in [2.24, 2.45) is 0 Å². The van der Waals surface area contributed by atoms with Crippen LogP contribution in [0.3, 0.4) is 0 Å². The lowest BCUT2D eigenvalue weighted by Gasteiger charge is -2.09. The summed E-state index contributed by atoms with van der Waals surface area (Å²) in [6, 6.07) is 8.48. The number of rotatable bonds is 6. The van der Waals surface area contributed by atoms with Crippen LogP contribution in [0.1, 0.15) is 5.56 Å². The van der Waals surface area contributed by atoms with Gasteiger partial charge in [-0.05, 0) is 30.3 Å². The van der Waals surface area contributed by atoms with Crippen molar-refractivity contribution in [2.75, 3.05) is 18.2 Å². The fraction of sp³-hybridized carbons (Fsp3) is 0.188. The summed E-state index contributed by atoms with van der Waals surface area (Å²) in [7, 11) is 1.56. The smallest absolute Gasteiger partial charge is 0.234 e. The molecule has 0 bridgehead atoms. The van der Waals surface area contributed by atoms with Crippen molar-refractivity contribution >= 4 is 35.0 Å². The van der Waals surface area contributed by atoms with Gasteiger partial charge in [0.1, 0.15) is 5.75 Å². The highest BCUT2D eigenvalue weighted by Crippen LogP contribution is 2.26. The third-order valence-corrected chi connectivity index (χ3v) is 4.15. The van der Waals surface area contributed by atoms with Gasteiger partial charge in [-0.1, -0.05) is 11.6 Å². The quantitative estimate of drug-likeness (QED) is 0.827. The van der Waals surface area contributed by atoms with Crippen LogP contribution >= 0.6 is 23.4 Å². The van der Waals surface area contributed by atoms with Gasteiger partial charge in [0.2, 0.25) is 5.91 Å². The standard InChI is InChI=1S/C16H14ClF2NO2S/c1-22-15-5-2-11(17)6-10(15)8-23-9-16(21)20-12-3-4-13(18)14(19)7-12/h2-7H,8-9H2,1H3,(H,20,21). The van der Waals surface area contributed by atoms with Gasteiger partial charge in [-0.15, -0.1) is 11.8 Å². The first-order chi connectivity index (χ1) is 11.0. The van der Waals surface area contributed by atoms with Gasteiger partial charge >= 0.3 is 0 Å². The fourth-order valence-corrected chi connectivity index (χ4v) is 2.88. The fourth-order valence-electron chi connectivity index (χ4n) is 1.88. The molecular weight excluding hydrogens is 344 g/mol. The minimum atomic E-state index is -1.00. The van der Waals surface area contributed by atoms with Crippen LogP contribution in [0.4, 0.5) is 14.5 Å². The van der Waals surface area contributed by atoms with E-state index in [1.165, 1.54) is 17.8 Å². The van der Waals surface area contributed by atoms with Crippen LogP contribution in [0.2, 0.25) is 5.02 Å². The summed E-state index contributed by atoms with van der Waals surface area (Å²) in [5, 5.41) is 3.10. The number of halogens is 3. The molecule has 0 aromatic heterocycles. The Morgan fingerprint density at radius 3 is 2.70 bits per heavy atom. The summed E-state index contributed by atoms with van der Waals surface area (Å²) in [6.07, 6.45) is 0. The second kappa shape index (κ2) is 8.17. The first kappa shape index (κ1) is 17.6. The molecule has 0 spiro atoms. The summed E-state index contributed by atoms with van der Waals surface area (Å²) >= 11 is 7.30. The number of hydrogen-bond donors (Lipinski definition) is 1.